The van der Waals surface area contributed by atoms with Crippen LogP contribution in [-0.4, -0.2) is 157 Å². The molecule has 17 nitrogen and oxygen atoms in total. The second kappa shape index (κ2) is 25.3. The third-order valence-electron chi connectivity index (χ3n) is 11.7. The molecular weight excluding hydrogens is 801 g/mol. The van der Waals surface area contributed by atoms with Crippen molar-refractivity contribution < 1.29 is 53.2 Å². The summed E-state index contributed by atoms with van der Waals surface area (Å²) in [5.41, 5.74) is 1.35. The molecule has 5 amide bonds. The molecule has 1 aliphatic heterocycles. The SMILES string of the molecule is C=C(CC)[C@@H](C(CC(=O)N1CCC[C@H]1[C@H](OC)[C@@H](C)C(=O)N[C@@H](Cc1ccccc1)C(=O)NC(CCC(=O)O)C(=O)O)OC)N(C)C(=O)[C@@H](NC(=O)[C@H](C(C)C)N(C)C)C(C)C. The summed E-state index contributed by atoms with van der Waals surface area (Å²) in [6, 6.07) is 3.51. The Morgan fingerprint density at radius 3 is 1.95 bits per heavy atom. The molecule has 9 atom stereocenters. The van der Waals surface area contributed by atoms with Gasteiger partial charge in [0, 0.05) is 40.7 Å². The van der Waals surface area contributed by atoms with Crippen molar-refractivity contribution in [2.24, 2.45) is 17.8 Å². The molecule has 1 aromatic rings. The molecule has 1 aromatic carbocycles. The number of hydrogen-bond acceptors (Lipinski definition) is 10. The van der Waals surface area contributed by atoms with Crippen molar-refractivity contribution in [3.8, 4) is 0 Å². The van der Waals surface area contributed by atoms with Gasteiger partial charge in [-0.1, -0.05) is 84.0 Å². The number of rotatable bonds is 26. The van der Waals surface area contributed by atoms with Crippen molar-refractivity contribution >= 4 is 41.5 Å². The van der Waals surface area contributed by atoms with Gasteiger partial charge in [-0.3, -0.25) is 33.7 Å². The van der Waals surface area contributed by atoms with Gasteiger partial charge < -0.3 is 45.4 Å². The van der Waals surface area contributed by atoms with Crippen LogP contribution in [-0.2, 0) is 49.5 Å². The average molecular weight is 873 g/mol. The van der Waals surface area contributed by atoms with Crippen LogP contribution in [0, 0.1) is 17.8 Å². The Balaban J connectivity index is 2.35. The van der Waals surface area contributed by atoms with E-state index in [9.17, 15) is 38.7 Å². The summed E-state index contributed by atoms with van der Waals surface area (Å²) in [6.07, 6.45) is -0.972. The van der Waals surface area contributed by atoms with Crippen LogP contribution in [0.25, 0.3) is 0 Å². The van der Waals surface area contributed by atoms with Crippen molar-refractivity contribution in [2.45, 2.75) is 135 Å². The Hall–Kier alpha value is -4.87. The molecule has 0 aromatic heterocycles. The van der Waals surface area contributed by atoms with Crippen molar-refractivity contribution in [1.82, 2.24) is 30.7 Å². The Bertz CT molecular complexity index is 1680. The number of hydrogen-bond donors (Lipinski definition) is 5. The van der Waals surface area contributed by atoms with Crippen molar-refractivity contribution in [3.63, 3.8) is 0 Å². The predicted molar refractivity (Wildman–Crippen MR) is 234 cm³/mol. The highest BCUT2D eigenvalue weighted by Gasteiger charge is 2.43. The predicted octanol–water partition coefficient (Wildman–Crippen LogP) is 2.72. The molecule has 17 heteroatoms. The van der Waals surface area contributed by atoms with E-state index in [4.69, 9.17) is 14.6 Å². The lowest BCUT2D eigenvalue weighted by molar-refractivity contribution is -0.146. The van der Waals surface area contributed by atoms with E-state index < -0.39 is 84.6 Å². The molecule has 348 valence electrons. The van der Waals surface area contributed by atoms with Crippen molar-refractivity contribution in [3.05, 3.63) is 48.0 Å². The fraction of sp³-hybridized carbons (Fsp3) is 0.667. The third-order valence-corrected chi connectivity index (χ3v) is 11.7. The zero-order valence-electron chi connectivity index (χ0n) is 38.5. The number of carbonyl (C=O) groups excluding carboxylic acids is 5. The minimum atomic E-state index is -1.50. The number of carboxylic acid groups (broad SMARTS) is 2. The molecule has 62 heavy (non-hydrogen) atoms. The zero-order valence-corrected chi connectivity index (χ0v) is 38.5. The number of carboxylic acids is 2. The first-order chi connectivity index (χ1) is 29.1. The topological polar surface area (TPSA) is 224 Å². The van der Waals surface area contributed by atoms with Gasteiger partial charge >= 0.3 is 11.9 Å². The second-order valence-electron chi connectivity index (χ2n) is 17.1. The summed E-state index contributed by atoms with van der Waals surface area (Å²) < 4.78 is 11.9. The van der Waals surface area contributed by atoms with E-state index in [1.165, 1.54) is 19.1 Å². The van der Waals surface area contributed by atoms with E-state index in [-0.39, 0.29) is 48.8 Å². The van der Waals surface area contributed by atoms with Crippen molar-refractivity contribution in [1.29, 1.82) is 0 Å². The van der Waals surface area contributed by atoms with Crippen LogP contribution in [0.5, 0.6) is 0 Å². The minimum absolute atomic E-state index is 0.00801. The Labute approximate surface area is 367 Å². The molecule has 1 aliphatic rings. The summed E-state index contributed by atoms with van der Waals surface area (Å²) in [5, 5.41) is 26.9. The molecule has 2 unspecified atom stereocenters. The lowest BCUT2D eigenvalue weighted by atomic mass is 9.92. The maximum Gasteiger partial charge on any atom is 0.326 e. The molecule has 1 fully saturated rings. The molecule has 1 saturated heterocycles. The second-order valence-corrected chi connectivity index (χ2v) is 17.1. The Kier molecular flexibility index (Phi) is 21.7. The first-order valence-corrected chi connectivity index (χ1v) is 21.5. The van der Waals surface area contributed by atoms with Crippen LogP contribution in [0.15, 0.2) is 42.5 Å². The molecule has 0 spiro atoms. The molecule has 0 saturated carbocycles. The quantitative estimate of drug-likeness (QED) is 0.0849. The van der Waals surface area contributed by atoms with Crippen LogP contribution in [0.1, 0.15) is 85.6 Å². The van der Waals surface area contributed by atoms with Crippen molar-refractivity contribution in [2.75, 3.05) is 41.9 Å². The number of benzene rings is 1. The highest BCUT2D eigenvalue weighted by Crippen LogP contribution is 2.29. The number of nitrogens with zero attached hydrogens (tertiary/aromatic N) is 3. The number of methoxy groups -OCH3 is 2. The summed E-state index contributed by atoms with van der Waals surface area (Å²) >= 11 is 0. The van der Waals surface area contributed by atoms with Gasteiger partial charge in [0.05, 0.1) is 42.7 Å². The van der Waals surface area contributed by atoms with Crippen LogP contribution in [0.2, 0.25) is 0 Å². The van der Waals surface area contributed by atoms with Crippen LogP contribution in [0.3, 0.4) is 0 Å². The van der Waals surface area contributed by atoms with Gasteiger partial charge in [-0.15, -0.1) is 0 Å². The molecule has 0 bridgehead atoms. The number of likely N-dealkylation sites (N-methyl/N-ethyl adjacent to an activating group) is 2. The first kappa shape index (κ1) is 53.3. The third kappa shape index (κ3) is 14.9. The van der Waals surface area contributed by atoms with Crippen LogP contribution >= 0.6 is 0 Å². The van der Waals surface area contributed by atoms with E-state index in [2.05, 4.69) is 22.5 Å². The monoisotopic (exact) mass is 873 g/mol. The molecule has 0 radical (unpaired) electrons. The number of aliphatic carboxylic acids is 2. The Morgan fingerprint density at radius 2 is 1.45 bits per heavy atom. The van der Waals surface area contributed by atoms with Gasteiger partial charge in [-0.05, 0) is 57.2 Å². The smallest absolute Gasteiger partial charge is 0.326 e. The maximum atomic E-state index is 14.3. The van der Waals surface area contributed by atoms with Gasteiger partial charge in [0.2, 0.25) is 29.5 Å². The number of likely N-dealkylation sites (tertiary alicyclic amines) is 1. The van der Waals surface area contributed by atoms with Gasteiger partial charge in [-0.25, -0.2) is 4.79 Å². The summed E-state index contributed by atoms with van der Waals surface area (Å²) in [6.45, 7) is 15.8. The molecular formula is C45H72N6O11. The highest BCUT2D eigenvalue weighted by molar-refractivity contribution is 5.92. The zero-order chi connectivity index (χ0) is 47.0. The number of ether oxygens (including phenoxy) is 2. The molecule has 2 rings (SSSR count). The summed E-state index contributed by atoms with van der Waals surface area (Å²) in [7, 11) is 8.17. The maximum absolute atomic E-state index is 14.3. The summed E-state index contributed by atoms with van der Waals surface area (Å²) in [4.78, 5) is 97.6. The van der Waals surface area contributed by atoms with Gasteiger partial charge in [0.25, 0.3) is 0 Å². The van der Waals surface area contributed by atoms with E-state index in [1.807, 2.05) is 53.6 Å². The van der Waals surface area contributed by atoms with E-state index >= 15 is 0 Å². The van der Waals surface area contributed by atoms with Crippen LogP contribution in [0.4, 0.5) is 0 Å². The standard InChI is InChI=1S/C45H72N6O11/c1-13-28(6)39(50(10)44(58)37(26(2)3)48-43(57)38(27(4)5)49(8)9)34(61-11)25-35(52)51-23-17-20-33(51)40(62-12)29(7)41(55)47-32(24-30-18-15-14-16-19-30)42(56)46-31(45(59)60)21-22-36(53)54/h14-16,18-19,26-27,29,31-34,37-40H,6,13,17,20-25H2,1-5,7-12H3,(H,46,56)(H,47,55)(H,48,57)(H,53,54)(H,59,60)/t29-,31?,32+,33+,34?,37+,38+,39+,40-/m1/s1. The number of amides is 5. The molecule has 5 N–H and O–H groups in total. The molecule has 1 heterocycles. The fourth-order valence-corrected chi connectivity index (χ4v) is 8.30. The lowest BCUT2D eigenvalue weighted by Crippen LogP contribution is -2.59. The fourth-order valence-electron chi connectivity index (χ4n) is 8.30. The normalized spacial score (nSPS) is 17.9. The number of nitrogens with one attached hydrogen (secondary N) is 3. The molecule has 0 aliphatic carbocycles. The van der Waals surface area contributed by atoms with Gasteiger partial charge in [-0.2, -0.15) is 0 Å². The first-order valence-electron chi connectivity index (χ1n) is 21.5. The largest absolute Gasteiger partial charge is 0.481 e. The lowest BCUT2D eigenvalue weighted by Gasteiger charge is -2.39. The average Bonchev–Trinajstić information content (AvgIpc) is 3.70. The van der Waals surface area contributed by atoms with E-state index in [0.29, 0.717) is 36.9 Å². The summed E-state index contributed by atoms with van der Waals surface area (Å²) in [5.74, 6) is -6.06. The van der Waals surface area contributed by atoms with E-state index in [0.717, 1.165) is 0 Å². The van der Waals surface area contributed by atoms with E-state index in [1.54, 1.807) is 49.2 Å². The Morgan fingerprint density at radius 1 is 0.839 bits per heavy atom. The minimum Gasteiger partial charge on any atom is -0.481 e. The van der Waals surface area contributed by atoms with Crippen LogP contribution < -0.4 is 16.0 Å². The highest BCUT2D eigenvalue weighted by atomic mass is 16.5. The number of carbonyl (C=O) groups is 7. The van der Waals surface area contributed by atoms with Gasteiger partial charge in [0.15, 0.2) is 0 Å². The van der Waals surface area contributed by atoms with Gasteiger partial charge in [0.1, 0.15) is 18.1 Å².